The van der Waals surface area contributed by atoms with Crippen LogP contribution in [0.5, 0.6) is 5.75 Å². The van der Waals surface area contributed by atoms with Crippen molar-refractivity contribution < 1.29 is 9.63 Å². The largest absolute Gasteiger partial charge is 0.371 e. The number of carbonyl (C=O) groups is 1. The van der Waals surface area contributed by atoms with Crippen LogP contribution in [0.25, 0.3) is 0 Å². The molecule has 1 amide bonds. The minimum Gasteiger partial charge on any atom is -0.371 e. The number of rotatable bonds is 2. The van der Waals surface area contributed by atoms with Gasteiger partial charge in [0.15, 0.2) is 5.75 Å². The molecule has 22 heavy (non-hydrogen) atoms. The summed E-state index contributed by atoms with van der Waals surface area (Å²) in [5.41, 5.74) is -0.874. The van der Waals surface area contributed by atoms with Crippen LogP contribution >= 0.6 is 12.2 Å². The van der Waals surface area contributed by atoms with Gasteiger partial charge in [0.1, 0.15) is 10.4 Å². The number of para-hydroxylation sites is 1. The lowest BCUT2D eigenvalue weighted by molar-refractivity contribution is -0.194. The van der Waals surface area contributed by atoms with Gasteiger partial charge in [-0.15, -0.1) is 5.06 Å². The van der Waals surface area contributed by atoms with Crippen LogP contribution in [0.4, 0.5) is 0 Å². The lowest BCUT2D eigenvalue weighted by Gasteiger charge is -2.64. The third-order valence-electron chi connectivity index (χ3n) is 5.58. The normalized spacial score (nSPS) is 25.0. The quantitative estimate of drug-likeness (QED) is 0.599. The molecule has 2 aliphatic rings. The molecule has 1 spiro atoms. The summed E-state index contributed by atoms with van der Waals surface area (Å²) >= 11 is 5.69. The molecule has 2 fully saturated rings. The number of hydrogen-bond donors (Lipinski definition) is 0. The van der Waals surface area contributed by atoms with Crippen LogP contribution in [0.3, 0.4) is 0 Å². The third kappa shape index (κ3) is 1.79. The molecule has 3 rings (SSSR count). The van der Waals surface area contributed by atoms with Crippen molar-refractivity contribution in [3.8, 4) is 5.75 Å². The highest BCUT2D eigenvalue weighted by atomic mass is 32.1. The lowest BCUT2D eigenvalue weighted by Crippen LogP contribution is -2.77. The molecule has 1 saturated heterocycles. The van der Waals surface area contributed by atoms with Crippen LogP contribution in [0.1, 0.15) is 47.0 Å². The molecular formula is C18H23NO2S. The number of hydroxylamine groups is 2. The molecule has 0 N–H and O–H groups in total. The first-order valence-electron chi connectivity index (χ1n) is 7.86. The Kier molecular flexibility index (Phi) is 3.37. The molecule has 0 unspecified atom stereocenters. The van der Waals surface area contributed by atoms with Gasteiger partial charge in [-0.2, -0.15) is 0 Å². The smallest absolute Gasteiger partial charge is 0.274 e. The van der Waals surface area contributed by atoms with Gasteiger partial charge in [0.05, 0.1) is 0 Å². The van der Waals surface area contributed by atoms with Crippen molar-refractivity contribution in [2.75, 3.05) is 0 Å². The molecule has 0 radical (unpaired) electrons. The van der Waals surface area contributed by atoms with Crippen LogP contribution in [0.2, 0.25) is 0 Å². The van der Waals surface area contributed by atoms with Crippen molar-refractivity contribution in [2.45, 2.75) is 47.0 Å². The summed E-state index contributed by atoms with van der Waals surface area (Å²) in [6.45, 7) is 8.66. The highest BCUT2D eigenvalue weighted by molar-refractivity contribution is 7.80. The second-order valence-electron chi connectivity index (χ2n) is 7.68. The van der Waals surface area contributed by atoms with Crippen LogP contribution in [-0.2, 0) is 4.79 Å². The molecule has 3 nitrogen and oxygen atoms in total. The Bertz CT molecular complexity index is 587. The summed E-state index contributed by atoms with van der Waals surface area (Å²) in [6.07, 6.45) is 3.17. The highest BCUT2D eigenvalue weighted by Crippen LogP contribution is 2.65. The predicted octanol–water partition coefficient (Wildman–Crippen LogP) is 4.37. The minimum absolute atomic E-state index is 0.0102. The fourth-order valence-corrected chi connectivity index (χ4v) is 5.29. The van der Waals surface area contributed by atoms with Crippen molar-refractivity contribution in [1.29, 1.82) is 0 Å². The fourth-order valence-electron chi connectivity index (χ4n) is 4.53. The van der Waals surface area contributed by atoms with E-state index in [-0.39, 0.29) is 16.7 Å². The SMILES string of the molecule is CC1(C)CCCC(C)(C)C12C(=O)N(Oc1ccccc1)C2=S. The van der Waals surface area contributed by atoms with Gasteiger partial charge in [-0.3, -0.25) is 4.79 Å². The number of thiocarbonyl (C=S) groups is 1. The Morgan fingerprint density at radius 2 is 1.59 bits per heavy atom. The van der Waals surface area contributed by atoms with Crippen molar-refractivity contribution in [3.63, 3.8) is 0 Å². The van der Waals surface area contributed by atoms with Crippen LogP contribution in [-0.4, -0.2) is 16.0 Å². The van der Waals surface area contributed by atoms with Crippen LogP contribution in [0, 0.1) is 16.2 Å². The number of carbonyl (C=O) groups excluding carboxylic acids is 1. The highest BCUT2D eigenvalue weighted by Gasteiger charge is 2.73. The molecule has 0 atom stereocenters. The zero-order chi connectivity index (χ0) is 16.2. The summed E-state index contributed by atoms with van der Waals surface area (Å²) in [7, 11) is 0. The molecule has 1 aromatic carbocycles. The van der Waals surface area contributed by atoms with E-state index in [1.54, 1.807) is 0 Å². The average Bonchev–Trinajstić information content (AvgIpc) is 2.44. The number of β-lactam (4-membered cyclic amide) rings is 1. The van der Waals surface area contributed by atoms with Gasteiger partial charge < -0.3 is 4.84 Å². The maximum Gasteiger partial charge on any atom is 0.274 e. The molecule has 1 saturated carbocycles. The maximum atomic E-state index is 13.1. The molecule has 118 valence electrons. The van der Waals surface area contributed by atoms with Gasteiger partial charge in [-0.1, -0.05) is 64.5 Å². The average molecular weight is 317 g/mol. The number of hydrogen-bond acceptors (Lipinski definition) is 3. The minimum atomic E-state index is -0.595. The van der Waals surface area contributed by atoms with E-state index in [9.17, 15) is 4.79 Å². The van der Waals surface area contributed by atoms with Crippen molar-refractivity contribution >= 4 is 23.1 Å². The summed E-state index contributed by atoms with van der Waals surface area (Å²) < 4.78 is 0. The van der Waals surface area contributed by atoms with Gasteiger partial charge in [0.2, 0.25) is 0 Å². The molecular weight excluding hydrogens is 294 g/mol. The van der Waals surface area contributed by atoms with Gasteiger partial charge in [-0.25, -0.2) is 0 Å². The van der Waals surface area contributed by atoms with E-state index in [0.29, 0.717) is 10.7 Å². The Morgan fingerprint density at radius 3 is 2.09 bits per heavy atom. The Morgan fingerprint density at radius 1 is 1.05 bits per heavy atom. The standard InChI is InChI=1S/C18H23NO2S/c1-16(2)11-8-12-17(3,4)18(16)14(20)19(15(18)22)21-13-9-6-5-7-10-13/h5-7,9-10H,8,11-12H2,1-4H3. The molecule has 1 aliphatic heterocycles. The summed E-state index contributed by atoms with van der Waals surface area (Å²) in [5.74, 6) is 0.649. The first-order valence-corrected chi connectivity index (χ1v) is 8.27. The van der Waals surface area contributed by atoms with Crippen molar-refractivity contribution in [3.05, 3.63) is 30.3 Å². The van der Waals surface area contributed by atoms with Crippen LogP contribution < -0.4 is 4.84 Å². The zero-order valence-corrected chi connectivity index (χ0v) is 14.5. The Labute approximate surface area is 137 Å². The molecule has 1 aromatic rings. The number of benzene rings is 1. The van der Waals surface area contributed by atoms with Crippen molar-refractivity contribution in [2.24, 2.45) is 16.2 Å². The van der Waals surface area contributed by atoms with Crippen LogP contribution in [0.15, 0.2) is 30.3 Å². The maximum absolute atomic E-state index is 13.1. The van der Waals surface area contributed by atoms with Gasteiger partial charge in [-0.05, 0) is 35.8 Å². The zero-order valence-electron chi connectivity index (χ0n) is 13.7. The fraction of sp³-hybridized carbons (Fsp3) is 0.556. The summed E-state index contributed by atoms with van der Waals surface area (Å²) in [5, 5.41) is 1.32. The molecule has 0 aromatic heterocycles. The van der Waals surface area contributed by atoms with E-state index in [1.807, 2.05) is 30.3 Å². The van der Waals surface area contributed by atoms with Crippen molar-refractivity contribution in [1.82, 2.24) is 5.06 Å². The molecule has 4 heteroatoms. The second-order valence-corrected chi connectivity index (χ2v) is 8.07. The van der Waals surface area contributed by atoms with E-state index < -0.39 is 5.41 Å². The van der Waals surface area contributed by atoms with E-state index in [0.717, 1.165) is 19.3 Å². The van der Waals surface area contributed by atoms with Gasteiger partial charge in [0.25, 0.3) is 5.91 Å². The lowest BCUT2D eigenvalue weighted by atomic mass is 9.44. The topological polar surface area (TPSA) is 29.5 Å². The van der Waals surface area contributed by atoms with E-state index in [1.165, 1.54) is 5.06 Å². The van der Waals surface area contributed by atoms with Gasteiger partial charge >= 0.3 is 0 Å². The molecule has 1 aliphatic carbocycles. The summed E-state index contributed by atoms with van der Waals surface area (Å²) in [4.78, 5) is 19.5. The Balaban J connectivity index is 1.94. The number of nitrogens with zero attached hydrogens (tertiary/aromatic N) is 1. The molecule has 0 bridgehead atoms. The van der Waals surface area contributed by atoms with E-state index in [4.69, 9.17) is 17.1 Å². The molecule has 1 heterocycles. The van der Waals surface area contributed by atoms with Gasteiger partial charge in [0, 0.05) is 0 Å². The number of amides is 1. The predicted molar refractivity (Wildman–Crippen MR) is 90.4 cm³/mol. The monoisotopic (exact) mass is 317 g/mol. The third-order valence-corrected chi connectivity index (χ3v) is 6.06. The van der Waals surface area contributed by atoms with E-state index in [2.05, 4.69) is 27.7 Å². The first-order chi connectivity index (χ1) is 10.2. The van der Waals surface area contributed by atoms with E-state index >= 15 is 0 Å². The first kappa shape index (κ1) is 15.5. The second kappa shape index (κ2) is 4.79. The Hall–Kier alpha value is -1.42. The summed E-state index contributed by atoms with van der Waals surface area (Å²) in [6, 6.07) is 9.34.